The van der Waals surface area contributed by atoms with Gasteiger partial charge in [0, 0.05) is 24.0 Å². The molecule has 1 aromatic heterocycles. The minimum Gasteiger partial charge on any atom is -0.346 e. The number of nitrogens with one attached hydrogen (secondary N) is 1. The molecule has 17 heavy (non-hydrogen) atoms. The summed E-state index contributed by atoms with van der Waals surface area (Å²) in [6.07, 6.45) is 1.94. The highest BCUT2D eigenvalue weighted by atomic mass is 35.5. The molecule has 2 aromatic rings. The highest BCUT2D eigenvalue weighted by Crippen LogP contribution is 2.19. The van der Waals surface area contributed by atoms with Gasteiger partial charge in [0.2, 0.25) is 0 Å². The van der Waals surface area contributed by atoms with Gasteiger partial charge in [-0.25, -0.2) is 4.39 Å². The maximum Gasteiger partial charge on any atom is 0.146 e. The summed E-state index contributed by atoms with van der Waals surface area (Å²) in [7, 11) is 1.89. The summed E-state index contributed by atoms with van der Waals surface area (Å²) in [5.41, 5.74) is 1.72. The van der Waals surface area contributed by atoms with Gasteiger partial charge in [0.1, 0.15) is 5.82 Å². The van der Waals surface area contributed by atoms with Crippen LogP contribution in [0.1, 0.15) is 11.3 Å². The number of aromatic nitrogens is 1. The predicted octanol–water partition coefficient (Wildman–Crippen LogP) is 3.05. The van der Waals surface area contributed by atoms with Crippen LogP contribution < -0.4 is 5.32 Å². The third-order valence-electron chi connectivity index (χ3n) is 2.65. The van der Waals surface area contributed by atoms with Crippen molar-refractivity contribution in [2.75, 3.05) is 7.05 Å². The van der Waals surface area contributed by atoms with Gasteiger partial charge in [-0.15, -0.1) is 0 Å². The van der Waals surface area contributed by atoms with Crippen LogP contribution in [-0.2, 0) is 13.1 Å². The lowest BCUT2D eigenvalue weighted by Crippen LogP contribution is -2.12. The Hall–Kier alpha value is -1.32. The minimum absolute atomic E-state index is 0.171. The van der Waals surface area contributed by atoms with Crippen molar-refractivity contribution in [3.8, 4) is 0 Å². The van der Waals surface area contributed by atoms with Crippen molar-refractivity contribution >= 4 is 11.6 Å². The number of halogens is 2. The largest absolute Gasteiger partial charge is 0.346 e. The predicted molar refractivity (Wildman–Crippen MR) is 67.7 cm³/mol. The molecule has 0 atom stereocenters. The summed E-state index contributed by atoms with van der Waals surface area (Å²) in [6, 6.07) is 9.05. The minimum atomic E-state index is -0.335. The maximum absolute atomic E-state index is 13.8. The first-order valence-electron chi connectivity index (χ1n) is 5.44. The Bertz CT molecular complexity index is 508. The molecule has 0 aliphatic carbocycles. The molecule has 0 aliphatic rings. The van der Waals surface area contributed by atoms with E-state index in [0.717, 1.165) is 12.2 Å². The molecule has 0 amide bonds. The highest BCUT2D eigenvalue weighted by Gasteiger charge is 2.08. The Kier molecular flexibility index (Phi) is 3.82. The molecule has 90 valence electrons. The SMILES string of the molecule is CNCc1cccn1Cc1cccc(Cl)c1F. The van der Waals surface area contributed by atoms with Gasteiger partial charge in [0.15, 0.2) is 0 Å². The van der Waals surface area contributed by atoms with E-state index in [0.29, 0.717) is 12.1 Å². The van der Waals surface area contributed by atoms with E-state index in [4.69, 9.17) is 11.6 Å². The molecule has 0 unspecified atom stereocenters. The van der Waals surface area contributed by atoms with Crippen molar-refractivity contribution in [1.82, 2.24) is 9.88 Å². The quantitative estimate of drug-likeness (QED) is 0.885. The van der Waals surface area contributed by atoms with E-state index in [-0.39, 0.29) is 10.8 Å². The molecule has 1 aromatic carbocycles. The summed E-state index contributed by atoms with van der Waals surface area (Å²) in [4.78, 5) is 0. The van der Waals surface area contributed by atoms with Gasteiger partial charge in [0.05, 0.1) is 11.6 Å². The summed E-state index contributed by atoms with van der Waals surface area (Å²) < 4.78 is 15.8. The van der Waals surface area contributed by atoms with E-state index in [9.17, 15) is 4.39 Å². The van der Waals surface area contributed by atoms with Crippen LogP contribution in [0.15, 0.2) is 36.5 Å². The molecule has 1 N–H and O–H groups in total. The van der Waals surface area contributed by atoms with Gasteiger partial charge < -0.3 is 9.88 Å². The fraction of sp³-hybridized carbons (Fsp3) is 0.231. The van der Waals surface area contributed by atoms with Crippen LogP contribution in [-0.4, -0.2) is 11.6 Å². The lowest BCUT2D eigenvalue weighted by Gasteiger charge is -2.10. The molecule has 0 spiro atoms. The molecular weight excluding hydrogens is 239 g/mol. The second kappa shape index (κ2) is 5.34. The second-order valence-corrected chi connectivity index (χ2v) is 4.28. The van der Waals surface area contributed by atoms with Gasteiger partial charge in [-0.05, 0) is 25.2 Å². The van der Waals surface area contributed by atoms with E-state index >= 15 is 0 Å². The average molecular weight is 253 g/mol. The average Bonchev–Trinajstić information content (AvgIpc) is 2.73. The molecule has 0 fully saturated rings. The van der Waals surface area contributed by atoms with Crippen molar-refractivity contribution in [3.63, 3.8) is 0 Å². The van der Waals surface area contributed by atoms with Gasteiger partial charge in [-0.3, -0.25) is 0 Å². The zero-order chi connectivity index (χ0) is 12.3. The molecule has 0 aliphatic heterocycles. The summed E-state index contributed by atoms with van der Waals surface area (Å²) in [6.45, 7) is 1.26. The summed E-state index contributed by atoms with van der Waals surface area (Å²) in [5, 5.41) is 3.25. The van der Waals surface area contributed by atoms with Crippen LogP contribution in [0.25, 0.3) is 0 Å². The van der Waals surface area contributed by atoms with Crippen LogP contribution in [0.4, 0.5) is 4.39 Å². The Balaban J connectivity index is 2.25. The normalized spacial score (nSPS) is 10.8. The van der Waals surface area contributed by atoms with Crippen molar-refractivity contribution in [1.29, 1.82) is 0 Å². The lowest BCUT2D eigenvalue weighted by molar-refractivity contribution is 0.593. The number of hydrogen-bond acceptors (Lipinski definition) is 1. The monoisotopic (exact) mass is 252 g/mol. The molecule has 0 bridgehead atoms. The number of hydrogen-bond donors (Lipinski definition) is 1. The number of benzene rings is 1. The van der Waals surface area contributed by atoms with E-state index in [1.165, 1.54) is 0 Å². The van der Waals surface area contributed by atoms with Crippen LogP contribution >= 0.6 is 11.6 Å². The van der Waals surface area contributed by atoms with Crippen molar-refractivity contribution in [2.24, 2.45) is 0 Å². The van der Waals surface area contributed by atoms with Gasteiger partial charge in [-0.1, -0.05) is 23.7 Å². The Labute approximate surface area is 105 Å². The van der Waals surface area contributed by atoms with E-state index in [1.807, 2.05) is 29.9 Å². The van der Waals surface area contributed by atoms with Gasteiger partial charge >= 0.3 is 0 Å². The van der Waals surface area contributed by atoms with Crippen molar-refractivity contribution in [2.45, 2.75) is 13.1 Å². The molecule has 1 heterocycles. The Morgan fingerprint density at radius 2 is 2.12 bits per heavy atom. The van der Waals surface area contributed by atoms with Crippen LogP contribution in [0.5, 0.6) is 0 Å². The number of nitrogens with zero attached hydrogens (tertiary/aromatic N) is 1. The van der Waals surface area contributed by atoms with Gasteiger partial charge in [0.25, 0.3) is 0 Å². The first kappa shape index (κ1) is 12.1. The van der Waals surface area contributed by atoms with Crippen LogP contribution in [0, 0.1) is 5.82 Å². The molecule has 2 rings (SSSR count). The Morgan fingerprint density at radius 1 is 1.29 bits per heavy atom. The van der Waals surface area contributed by atoms with E-state index < -0.39 is 0 Å². The first-order valence-corrected chi connectivity index (χ1v) is 5.81. The molecule has 2 nitrogen and oxygen atoms in total. The van der Waals surface area contributed by atoms with Gasteiger partial charge in [-0.2, -0.15) is 0 Å². The molecule has 0 radical (unpaired) electrons. The fourth-order valence-corrected chi connectivity index (χ4v) is 1.99. The molecular formula is C13H14ClFN2. The first-order chi connectivity index (χ1) is 8.22. The lowest BCUT2D eigenvalue weighted by atomic mass is 10.2. The highest BCUT2D eigenvalue weighted by molar-refractivity contribution is 6.30. The van der Waals surface area contributed by atoms with Crippen LogP contribution in [0.3, 0.4) is 0 Å². The smallest absolute Gasteiger partial charge is 0.146 e. The molecule has 0 saturated heterocycles. The van der Waals surface area contributed by atoms with Crippen molar-refractivity contribution in [3.05, 3.63) is 58.6 Å². The van der Waals surface area contributed by atoms with Crippen molar-refractivity contribution < 1.29 is 4.39 Å². The summed E-state index contributed by atoms with van der Waals surface area (Å²) >= 11 is 5.76. The Morgan fingerprint density at radius 3 is 2.88 bits per heavy atom. The third kappa shape index (κ3) is 2.68. The van der Waals surface area contributed by atoms with Crippen LogP contribution in [0.2, 0.25) is 5.02 Å². The maximum atomic E-state index is 13.8. The topological polar surface area (TPSA) is 17.0 Å². The zero-order valence-corrected chi connectivity index (χ0v) is 10.3. The third-order valence-corrected chi connectivity index (χ3v) is 2.95. The second-order valence-electron chi connectivity index (χ2n) is 3.87. The zero-order valence-electron chi connectivity index (χ0n) is 9.58. The van der Waals surface area contributed by atoms with E-state index in [1.54, 1.807) is 18.2 Å². The molecule has 4 heteroatoms. The van der Waals surface area contributed by atoms with E-state index in [2.05, 4.69) is 5.32 Å². The number of rotatable bonds is 4. The fourth-order valence-electron chi connectivity index (χ4n) is 1.80. The standard InChI is InChI=1S/C13H14ClFN2/c1-16-8-11-5-3-7-17(11)9-10-4-2-6-12(14)13(10)15/h2-7,16H,8-9H2,1H3. The molecule has 0 saturated carbocycles. The summed E-state index contributed by atoms with van der Waals surface area (Å²) in [5.74, 6) is -0.335.